The molecule has 1 unspecified atom stereocenters. The third kappa shape index (κ3) is 5.50. The fourth-order valence-corrected chi connectivity index (χ4v) is 4.14. The largest absolute Gasteiger partial charge is 0.350 e. The zero-order valence-electron chi connectivity index (χ0n) is 16.7. The SMILES string of the molecule is Cc1nc(Cc2ccccc2)sc1C(=O)NCC(Cc1ccccc1)N(C)C. The van der Waals surface area contributed by atoms with E-state index in [0.717, 1.165) is 23.5 Å². The van der Waals surface area contributed by atoms with E-state index in [0.29, 0.717) is 11.4 Å². The number of aryl methyl sites for hydroxylation is 1. The molecular weight excluding hydrogens is 366 g/mol. The number of nitrogens with one attached hydrogen (secondary N) is 1. The molecule has 0 fully saturated rings. The first-order valence-corrected chi connectivity index (χ1v) is 10.3. The summed E-state index contributed by atoms with van der Waals surface area (Å²) < 4.78 is 0. The normalized spacial score (nSPS) is 12.1. The molecule has 28 heavy (non-hydrogen) atoms. The lowest BCUT2D eigenvalue weighted by Crippen LogP contribution is -2.41. The Morgan fingerprint density at radius 3 is 2.25 bits per heavy atom. The molecule has 0 saturated carbocycles. The summed E-state index contributed by atoms with van der Waals surface area (Å²) in [5, 5.41) is 4.08. The molecule has 0 aliphatic heterocycles. The predicted octanol–water partition coefficient (Wildman–Crippen LogP) is 3.95. The Morgan fingerprint density at radius 1 is 1.04 bits per heavy atom. The summed E-state index contributed by atoms with van der Waals surface area (Å²) in [5.41, 5.74) is 3.28. The highest BCUT2D eigenvalue weighted by molar-refractivity contribution is 7.13. The van der Waals surface area contributed by atoms with Crippen molar-refractivity contribution in [2.45, 2.75) is 25.8 Å². The second kappa shape index (κ2) is 9.62. The summed E-state index contributed by atoms with van der Waals surface area (Å²) in [6.07, 6.45) is 1.66. The summed E-state index contributed by atoms with van der Waals surface area (Å²) in [5.74, 6) is -0.0331. The number of carbonyl (C=O) groups is 1. The van der Waals surface area contributed by atoms with Crippen LogP contribution < -0.4 is 5.32 Å². The number of hydrogen-bond acceptors (Lipinski definition) is 4. The summed E-state index contributed by atoms with van der Waals surface area (Å²) >= 11 is 1.49. The number of nitrogens with zero attached hydrogens (tertiary/aromatic N) is 2. The highest BCUT2D eigenvalue weighted by atomic mass is 32.1. The quantitative estimate of drug-likeness (QED) is 0.630. The lowest BCUT2D eigenvalue weighted by molar-refractivity contribution is 0.0945. The average molecular weight is 394 g/mol. The van der Waals surface area contributed by atoms with Crippen LogP contribution in [0.15, 0.2) is 60.7 Å². The maximum absolute atomic E-state index is 12.8. The van der Waals surface area contributed by atoms with Gasteiger partial charge in [-0.05, 0) is 38.6 Å². The number of carbonyl (C=O) groups excluding carboxylic acids is 1. The summed E-state index contributed by atoms with van der Waals surface area (Å²) in [4.78, 5) is 20.2. The summed E-state index contributed by atoms with van der Waals surface area (Å²) in [6.45, 7) is 2.51. The van der Waals surface area contributed by atoms with Crippen molar-refractivity contribution < 1.29 is 4.79 Å². The fourth-order valence-electron chi connectivity index (χ4n) is 3.12. The molecule has 0 bridgehead atoms. The molecule has 0 aliphatic carbocycles. The van der Waals surface area contributed by atoms with Gasteiger partial charge in [0.1, 0.15) is 4.88 Å². The van der Waals surface area contributed by atoms with Crippen molar-refractivity contribution in [3.05, 3.63) is 87.4 Å². The van der Waals surface area contributed by atoms with Crippen LogP contribution in [-0.4, -0.2) is 42.5 Å². The van der Waals surface area contributed by atoms with E-state index in [1.807, 2.05) is 31.2 Å². The van der Waals surface area contributed by atoms with Crippen LogP contribution in [-0.2, 0) is 12.8 Å². The molecule has 1 aromatic heterocycles. The number of aromatic nitrogens is 1. The van der Waals surface area contributed by atoms with E-state index in [1.54, 1.807) is 0 Å². The Kier molecular flexibility index (Phi) is 6.95. The minimum absolute atomic E-state index is 0.0331. The van der Waals surface area contributed by atoms with Crippen molar-refractivity contribution in [2.75, 3.05) is 20.6 Å². The molecule has 0 spiro atoms. The highest BCUT2D eigenvalue weighted by Crippen LogP contribution is 2.21. The van der Waals surface area contributed by atoms with Crippen LogP contribution >= 0.6 is 11.3 Å². The van der Waals surface area contributed by atoms with Gasteiger partial charge in [-0.15, -0.1) is 11.3 Å². The number of amides is 1. The van der Waals surface area contributed by atoms with Crippen LogP contribution in [0.2, 0.25) is 0 Å². The van der Waals surface area contributed by atoms with Gasteiger partial charge in [0.2, 0.25) is 0 Å². The zero-order valence-corrected chi connectivity index (χ0v) is 17.5. The molecule has 2 aromatic carbocycles. The van der Waals surface area contributed by atoms with Crippen LogP contribution in [0, 0.1) is 6.92 Å². The van der Waals surface area contributed by atoms with Crippen molar-refractivity contribution in [1.29, 1.82) is 0 Å². The van der Waals surface area contributed by atoms with Gasteiger partial charge in [0, 0.05) is 19.0 Å². The highest BCUT2D eigenvalue weighted by Gasteiger charge is 2.18. The average Bonchev–Trinajstić information content (AvgIpc) is 3.06. The van der Waals surface area contributed by atoms with Crippen molar-refractivity contribution in [3.8, 4) is 0 Å². The molecule has 0 saturated heterocycles. The van der Waals surface area contributed by atoms with E-state index >= 15 is 0 Å². The Balaban J connectivity index is 1.62. The van der Waals surface area contributed by atoms with Gasteiger partial charge in [-0.3, -0.25) is 4.79 Å². The van der Waals surface area contributed by atoms with Gasteiger partial charge in [-0.1, -0.05) is 60.7 Å². The lowest BCUT2D eigenvalue weighted by Gasteiger charge is -2.24. The molecular formula is C23H27N3OS. The first-order valence-electron chi connectivity index (χ1n) is 9.51. The first kappa shape index (κ1) is 20.2. The molecule has 146 valence electrons. The molecule has 1 amide bonds. The Labute approximate surface area is 171 Å². The molecule has 0 aliphatic rings. The minimum atomic E-state index is -0.0331. The van der Waals surface area contributed by atoms with Crippen LogP contribution in [0.1, 0.15) is 31.5 Å². The topological polar surface area (TPSA) is 45.2 Å². The van der Waals surface area contributed by atoms with E-state index in [-0.39, 0.29) is 11.9 Å². The van der Waals surface area contributed by atoms with Gasteiger partial charge in [0.25, 0.3) is 5.91 Å². The summed E-state index contributed by atoms with van der Waals surface area (Å²) in [7, 11) is 4.10. The maximum atomic E-state index is 12.8. The van der Waals surface area contributed by atoms with E-state index in [2.05, 4.69) is 65.7 Å². The lowest BCUT2D eigenvalue weighted by atomic mass is 10.1. The smallest absolute Gasteiger partial charge is 0.263 e. The van der Waals surface area contributed by atoms with Gasteiger partial charge in [0.05, 0.1) is 10.7 Å². The number of rotatable bonds is 8. The maximum Gasteiger partial charge on any atom is 0.263 e. The zero-order chi connectivity index (χ0) is 19.9. The number of thiazole rings is 1. The number of hydrogen-bond donors (Lipinski definition) is 1. The first-order chi connectivity index (χ1) is 13.5. The van der Waals surface area contributed by atoms with Crippen molar-refractivity contribution >= 4 is 17.2 Å². The van der Waals surface area contributed by atoms with Crippen LogP contribution in [0.4, 0.5) is 0 Å². The third-order valence-electron chi connectivity index (χ3n) is 4.79. The second-order valence-electron chi connectivity index (χ2n) is 7.20. The van der Waals surface area contributed by atoms with Crippen LogP contribution in [0.5, 0.6) is 0 Å². The third-order valence-corrected chi connectivity index (χ3v) is 5.94. The molecule has 3 aromatic rings. The van der Waals surface area contributed by atoms with Crippen LogP contribution in [0.3, 0.4) is 0 Å². The summed E-state index contributed by atoms with van der Waals surface area (Å²) in [6, 6.07) is 20.8. The molecule has 5 heteroatoms. The van der Waals surface area contributed by atoms with Crippen molar-refractivity contribution in [1.82, 2.24) is 15.2 Å². The Bertz CT molecular complexity index is 891. The van der Waals surface area contributed by atoms with Gasteiger partial charge in [-0.2, -0.15) is 0 Å². The molecule has 1 N–H and O–H groups in total. The predicted molar refractivity (Wildman–Crippen MR) is 116 cm³/mol. The van der Waals surface area contributed by atoms with Crippen molar-refractivity contribution in [3.63, 3.8) is 0 Å². The number of likely N-dealkylation sites (N-methyl/N-ethyl adjacent to an activating group) is 1. The standard InChI is InChI=1S/C23H27N3OS/c1-17-22(28-21(25-17)15-19-12-8-5-9-13-19)23(27)24-16-20(26(2)3)14-18-10-6-4-7-11-18/h4-13,20H,14-16H2,1-3H3,(H,24,27). The Hall–Kier alpha value is -2.50. The minimum Gasteiger partial charge on any atom is -0.350 e. The van der Waals surface area contributed by atoms with Crippen LogP contribution in [0.25, 0.3) is 0 Å². The van der Waals surface area contributed by atoms with Gasteiger partial charge < -0.3 is 10.2 Å². The van der Waals surface area contributed by atoms with Crippen molar-refractivity contribution in [2.24, 2.45) is 0 Å². The molecule has 1 atom stereocenters. The molecule has 1 heterocycles. The van der Waals surface area contributed by atoms with Gasteiger partial charge >= 0.3 is 0 Å². The molecule has 4 nitrogen and oxygen atoms in total. The van der Waals surface area contributed by atoms with Gasteiger partial charge in [0.15, 0.2) is 0 Å². The monoisotopic (exact) mass is 393 g/mol. The van der Waals surface area contributed by atoms with Gasteiger partial charge in [-0.25, -0.2) is 4.98 Å². The molecule has 3 rings (SSSR count). The second-order valence-corrected chi connectivity index (χ2v) is 8.29. The number of benzene rings is 2. The Morgan fingerprint density at radius 2 is 1.64 bits per heavy atom. The van der Waals surface area contributed by atoms with E-state index in [1.165, 1.54) is 22.5 Å². The van der Waals surface area contributed by atoms with E-state index in [4.69, 9.17) is 0 Å². The van der Waals surface area contributed by atoms with E-state index < -0.39 is 0 Å². The molecule has 0 radical (unpaired) electrons. The van der Waals surface area contributed by atoms with E-state index in [9.17, 15) is 4.79 Å². The fraction of sp³-hybridized carbons (Fsp3) is 0.304.